The lowest BCUT2D eigenvalue weighted by Gasteiger charge is -2.27. The minimum atomic E-state index is -0.129. The minimum Gasteiger partial charge on any atom is -0.494 e. The van der Waals surface area contributed by atoms with E-state index in [1.54, 1.807) is 0 Å². The van der Waals surface area contributed by atoms with Crippen LogP contribution in [0, 0.1) is 0 Å². The lowest BCUT2D eigenvalue weighted by Crippen LogP contribution is -2.28. The summed E-state index contributed by atoms with van der Waals surface area (Å²) in [6.45, 7) is 6.99. The first-order valence-corrected chi connectivity index (χ1v) is 7.87. The van der Waals surface area contributed by atoms with Gasteiger partial charge in [-0.2, -0.15) is 0 Å². The highest BCUT2D eigenvalue weighted by Gasteiger charge is 2.26. The summed E-state index contributed by atoms with van der Waals surface area (Å²) in [5.41, 5.74) is 1.14. The van der Waals surface area contributed by atoms with Crippen molar-refractivity contribution in [3.05, 3.63) is 29.8 Å². The Hall–Kier alpha value is -1.55. The largest absolute Gasteiger partial charge is 0.494 e. The molecule has 4 heteroatoms. The van der Waals surface area contributed by atoms with Crippen LogP contribution in [0.3, 0.4) is 0 Å². The summed E-state index contributed by atoms with van der Waals surface area (Å²) in [6.07, 6.45) is 2.80. The van der Waals surface area contributed by atoms with Crippen molar-refractivity contribution in [3.63, 3.8) is 0 Å². The maximum Gasteiger partial charge on any atom is 0.307 e. The highest BCUT2D eigenvalue weighted by atomic mass is 16.5. The third-order valence-corrected chi connectivity index (χ3v) is 3.80. The molecule has 1 aromatic rings. The summed E-state index contributed by atoms with van der Waals surface area (Å²) < 4.78 is 10.7. The van der Waals surface area contributed by atoms with E-state index in [4.69, 9.17) is 9.47 Å². The fourth-order valence-corrected chi connectivity index (χ4v) is 2.87. The van der Waals surface area contributed by atoms with Crippen LogP contribution in [-0.2, 0) is 9.53 Å². The van der Waals surface area contributed by atoms with Crippen LogP contribution < -0.4 is 4.74 Å². The summed E-state index contributed by atoms with van der Waals surface area (Å²) in [4.78, 5) is 14.3. The maximum absolute atomic E-state index is 11.9. The van der Waals surface area contributed by atoms with Crippen LogP contribution in [0.15, 0.2) is 24.3 Å². The Balaban J connectivity index is 2.17. The van der Waals surface area contributed by atoms with E-state index in [2.05, 4.69) is 11.0 Å². The number of likely N-dealkylation sites (tertiary alicyclic amines) is 1. The fourth-order valence-electron chi connectivity index (χ4n) is 2.87. The van der Waals surface area contributed by atoms with Gasteiger partial charge in [0.05, 0.1) is 19.6 Å². The summed E-state index contributed by atoms with van der Waals surface area (Å²) in [5.74, 6) is 0.735. The van der Waals surface area contributed by atoms with Gasteiger partial charge in [-0.15, -0.1) is 0 Å². The zero-order chi connectivity index (χ0) is 15.1. The summed E-state index contributed by atoms with van der Waals surface area (Å²) in [7, 11) is 0. The van der Waals surface area contributed by atoms with Crippen LogP contribution in [0.1, 0.15) is 44.7 Å². The molecule has 4 nitrogen and oxygen atoms in total. The second-order valence-electron chi connectivity index (χ2n) is 5.27. The van der Waals surface area contributed by atoms with Crippen molar-refractivity contribution in [2.45, 2.75) is 39.2 Å². The van der Waals surface area contributed by atoms with Crippen LogP contribution in [0.4, 0.5) is 0 Å². The molecule has 0 bridgehead atoms. The van der Waals surface area contributed by atoms with Crippen LogP contribution in [-0.4, -0.2) is 37.2 Å². The average Bonchev–Trinajstić information content (AvgIpc) is 3.00. The highest BCUT2D eigenvalue weighted by molar-refractivity contribution is 5.70. The molecule has 1 aliphatic heterocycles. The number of hydrogen-bond acceptors (Lipinski definition) is 4. The summed E-state index contributed by atoms with van der Waals surface area (Å²) in [5, 5.41) is 0. The van der Waals surface area contributed by atoms with E-state index in [0.29, 0.717) is 19.6 Å². The maximum atomic E-state index is 11.9. The van der Waals surface area contributed by atoms with Gasteiger partial charge in [-0.1, -0.05) is 12.1 Å². The number of esters is 1. The van der Waals surface area contributed by atoms with E-state index in [0.717, 1.165) is 24.4 Å². The van der Waals surface area contributed by atoms with Gasteiger partial charge in [0.15, 0.2) is 0 Å². The lowest BCUT2D eigenvalue weighted by molar-refractivity contribution is -0.144. The Bertz CT molecular complexity index is 455. The second-order valence-corrected chi connectivity index (χ2v) is 5.27. The molecule has 1 aromatic carbocycles. The molecular formula is C17H25NO3. The van der Waals surface area contributed by atoms with Gasteiger partial charge in [-0.3, -0.25) is 9.69 Å². The Labute approximate surface area is 127 Å². The molecule has 0 saturated carbocycles. The molecule has 2 rings (SSSR count). The zero-order valence-corrected chi connectivity index (χ0v) is 13.0. The van der Waals surface area contributed by atoms with E-state index in [1.165, 1.54) is 12.8 Å². The Kier molecular flexibility index (Phi) is 6.05. The number of carbonyl (C=O) groups is 1. The Morgan fingerprint density at radius 2 is 2.00 bits per heavy atom. The standard InChI is InChI=1S/C17H25NO3/c1-3-20-15-9-7-8-14(12-15)16(13-17(19)21-4-2)18-10-5-6-11-18/h7-9,12,16H,3-6,10-11,13H2,1-2H3. The predicted molar refractivity (Wildman–Crippen MR) is 82.4 cm³/mol. The summed E-state index contributed by atoms with van der Waals surface area (Å²) in [6, 6.07) is 8.16. The van der Waals surface area contributed by atoms with Crippen LogP contribution in [0.25, 0.3) is 0 Å². The molecule has 0 aromatic heterocycles. The zero-order valence-electron chi connectivity index (χ0n) is 13.0. The number of ether oxygens (including phenoxy) is 2. The third-order valence-electron chi connectivity index (χ3n) is 3.80. The number of rotatable bonds is 7. The van der Waals surface area contributed by atoms with Gasteiger partial charge in [-0.05, 0) is 57.5 Å². The first kappa shape index (κ1) is 15.8. The Morgan fingerprint density at radius 1 is 1.24 bits per heavy atom. The van der Waals surface area contributed by atoms with Crippen LogP contribution in [0.2, 0.25) is 0 Å². The van der Waals surface area contributed by atoms with Crippen molar-refractivity contribution in [1.29, 1.82) is 0 Å². The quantitative estimate of drug-likeness (QED) is 0.723. The molecule has 0 aliphatic carbocycles. The normalized spacial score (nSPS) is 16.7. The molecule has 1 atom stereocenters. The number of hydrogen-bond donors (Lipinski definition) is 0. The molecule has 0 amide bonds. The van der Waals surface area contributed by atoms with Crippen molar-refractivity contribution in [2.24, 2.45) is 0 Å². The third kappa shape index (κ3) is 4.46. The van der Waals surface area contributed by atoms with E-state index in [1.807, 2.05) is 32.0 Å². The van der Waals surface area contributed by atoms with Gasteiger partial charge in [0.25, 0.3) is 0 Å². The first-order chi connectivity index (χ1) is 10.2. The molecule has 1 heterocycles. The van der Waals surface area contributed by atoms with Gasteiger partial charge < -0.3 is 9.47 Å². The highest BCUT2D eigenvalue weighted by Crippen LogP contribution is 2.30. The average molecular weight is 291 g/mol. The van der Waals surface area contributed by atoms with Gasteiger partial charge in [0.2, 0.25) is 0 Å². The number of benzene rings is 1. The lowest BCUT2D eigenvalue weighted by atomic mass is 10.0. The topological polar surface area (TPSA) is 38.8 Å². The molecule has 0 radical (unpaired) electrons. The van der Waals surface area contributed by atoms with E-state index in [-0.39, 0.29) is 12.0 Å². The summed E-state index contributed by atoms with van der Waals surface area (Å²) >= 11 is 0. The molecule has 0 N–H and O–H groups in total. The van der Waals surface area contributed by atoms with Gasteiger partial charge in [-0.25, -0.2) is 0 Å². The van der Waals surface area contributed by atoms with Crippen molar-refractivity contribution >= 4 is 5.97 Å². The minimum absolute atomic E-state index is 0.0898. The molecular weight excluding hydrogens is 266 g/mol. The SMILES string of the molecule is CCOC(=O)CC(c1cccc(OCC)c1)N1CCCC1. The molecule has 116 valence electrons. The first-order valence-electron chi connectivity index (χ1n) is 7.87. The van der Waals surface area contributed by atoms with E-state index >= 15 is 0 Å². The molecule has 1 fully saturated rings. The number of nitrogens with zero attached hydrogens (tertiary/aromatic N) is 1. The smallest absolute Gasteiger partial charge is 0.307 e. The van der Waals surface area contributed by atoms with Gasteiger partial charge >= 0.3 is 5.97 Å². The molecule has 1 unspecified atom stereocenters. The van der Waals surface area contributed by atoms with E-state index in [9.17, 15) is 4.79 Å². The van der Waals surface area contributed by atoms with Crippen molar-refractivity contribution in [1.82, 2.24) is 4.90 Å². The molecule has 1 saturated heterocycles. The molecule has 0 spiro atoms. The van der Waals surface area contributed by atoms with Crippen LogP contribution in [0.5, 0.6) is 5.75 Å². The van der Waals surface area contributed by atoms with Gasteiger partial charge in [0.1, 0.15) is 5.75 Å². The van der Waals surface area contributed by atoms with E-state index < -0.39 is 0 Å². The van der Waals surface area contributed by atoms with Gasteiger partial charge in [0, 0.05) is 6.04 Å². The molecule has 1 aliphatic rings. The van der Waals surface area contributed by atoms with Crippen LogP contribution >= 0.6 is 0 Å². The van der Waals surface area contributed by atoms with Crippen molar-refractivity contribution < 1.29 is 14.3 Å². The van der Waals surface area contributed by atoms with Crippen molar-refractivity contribution in [3.8, 4) is 5.75 Å². The Morgan fingerprint density at radius 3 is 2.67 bits per heavy atom. The monoisotopic (exact) mass is 291 g/mol. The molecule has 21 heavy (non-hydrogen) atoms. The predicted octanol–water partition coefficient (Wildman–Crippen LogP) is 3.18. The number of carbonyl (C=O) groups excluding carboxylic acids is 1. The second kappa shape index (κ2) is 8.03. The fraction of sp³-hybridized carbons (Fsp3) is 0.588. The van der Waals surface area contributed by atoms with Crippen molar-refractivity contribution in [2.75, 3.05) is 26.3 Å².